The fourth-order valence-electron chi connectivity index (χ4n) is 1.18. The third-order valence-corrected chi connectivity index (χ3v) is 3.47. The van der Waals surface area contributed by atoms with E-state index in [1.54, 1.807) is 11.3 Å². The van der Waals surface area contributed by atoms with Crippen LogP contribution in [0, 0.1) is 6.92 Å². The van der Waals surface area contributed by atoms with Crippen LogP contribution in [-0.2, 0) is 6.54 Å². The Kier molecular flexibility index (Phi) is 3.16. The van der Waals surface area contributed by atoms with Crippen molar-refractivity contribution < 1.29 is 9.90 Å². The molecule has 84 valence electrons. The lowest BCUT2D eigenvalue weighted by Crippen LogP contribution is -2.04. The van der Waals surface area contributed by atoms with Crippen molar-refractivity contribution in [2.75, 3.05) is 5.32 Å². The van der Waals surface area contributed by atoms with Crippen molar-refractivity contribution in [2.24, 2.45) is 0 Å². The smallest absolute Gasteiger partial charge is 0.357 e. The Morgan fingerprint density at radius 2 is 2.38 bits per heavy atom. The Hall–Kier alpha value is -1.47. The van der Waals surface area contributed by atoms with Crippen LogP contribution in [0.4, 0.5) is 5.00 Å². The number of aromatic carboxylic acids is 1. The highest BCUT2D eigenvalue weighted by Crippen LogP contribution is 2.21. The summed E-state index contributed by atoms with van der Waals surface area (Å²) in [6.45, 7) is 2.45. The van der Waals surface area contributed by atoms with E-state index in [1.165, 1.54) is 16.8 Å². The van der Waals surface area contributed by atoms with Gasteiger partial charge in [-0.3, -0.25) is 0 Å². The number of aryl methyl sites for hydroxylation is 1. The number of hydrogen-bond acceptors (Lipinski definition) is 6. The normalized spacial score (nSPS) is 10.3. The predicted octanol–water partition coefficient (Wildman–Crippen LogP) is 2.22. The van der Waals surface area contributed by atoms with Crippen molar-refractivity contribution in [1.82, 2.24) is 9.97 Å². The Labute approximate surface area is 99.8 Å². The number of nitrogens with one attached hydrogen (secondary N) is 1. The SMILES string of the molecule is Cc1nc(CNc2scnc2C(=O)O)cs1. The molecule has 0 aliphatic rings. The number of nitrogens with zero attached hydrogens (tertiary/aromatic N) is 2. The minimum absolute atomic E-state index is 0.0666. The van der Waals surface area contributed by atoms with Crippen molar-refractivity contribution in [2.45, 2.75) is 13.5 Å². The van der Waals surface area contributed by atoms with Crippen molar-refractivity contribution in [1.29, 1.82) is 0 Å². The zero-order valence-electron chi connectivity index (χ0n) is 8.43. The van der Waals surface area contributed by atoms with Crippen LogP contribution < -0.4 is 5.32 Å². The molecule has 0 fully saturated rings. The molecule has 0 atom stereocenters. The number of rotatable bonds is 4. The Balaban J connectivity index is 2.04. The van der Waals surface area contributed by atoms with Crippen LogP contribution in [-0.4, -0.2) is 21.0 Å². The van der Waals surface area contributed by atoms with E-state index in [2.05, 4.69) is 15.3 Å². The number of anilines is 1. The zero-order chi connectivity index (χ0) is 11.5. The number of aromatic nitrogens is 2. The van der Waals surface area contributed by atoms with Gasteiger partial charge in [-0.05, 0) is 6.92 Å². The topological polar surface area (TPSA) is 75.1 Å². The van der Waals surface area contributed by atoms with E-state index in [0.717, 1.165) is 10.7 Å². The van der Waals surface area contributed by atoms with E-state index in [9.17, 15) is 4.79 Å². The molecule has 0 aromatic carbocycles. The van der Waals surface area contributed by atoms with E-state index >= 15 is 0 Å². The molecule has 0 radical (unpaired) electrons. The highest BCUT2D eigenvalue weighted by atomic mass is 32.1. The summed E-state index contributed by atoms with van der Waals surface area (Å²) in [6.07, 6.45) is 0. The van der Waals surface area contributed by atoms with E-state index in [1.807, 2.05) is 12.3 Å². The number of hydrogen-bond donors (Lipinski definition) is 2. The zero-order valence-corrected chi connectivity index (χ0v) is 10.1. The van der Waals surface area contributed by atoms with E-state index < -0.39 is 5.97 Å². The predicted molar refractivity (Wildman–Crippen MR) is 63.3 cm³/mol. The summed E-state index contributed by atoms with van der Waals surface area (Å²) in [5, 5.41) is 15.4. The molecule has 2 aromatic rings. The third-order valence-electron chi connectivity index (χ3n) is 1.87. The molecule has 5 nitrogen and oxygen atoms in total. The van der Waals surface area contributed by atoms with Gasteiger partial charge < -0.3 is 10.4 Å². The summed E-state index contributed by atoms with van der Waals surface area (Å²) in [4.78, 5) is 18.8. The fraction of sp³-hybridized carbons (Fsp3) is 0.222. The standard InChI is InChI=1S/C9H9N3O2S2/c1-5-12-6(3-15-5)2-10-8-7(9(13)14)11-4-16-8/h3-4,10H,2H2,1H3,(H,13,14). The Bertz CT molecular complexity index is 506. The van der Waals surface area contributed by atoms with Crippen LogP contribution in [0.5, 0.6) is 0 Å². The second-order valence-corrected chi connectivity index (χ2v) is 4.96. The molecule has 2 heterocycles. The van der Waals surface area contributed by atoms with E-state index in [0.29, 0.717) is 11.5 Å². The van der Waals surface area contributed by atoms with Crippen molar-refractivity contribution in [3.63, 3.8) is 0 Å². The monoisotopic (exact) mass is 255 g/mol. The minimum atomic E-state index is -1.02. The van der Waals surface area contributed by atoms with Gasteiger partial charge in [-0.25, -0.2) is 14.8 Å². The van der Waals surface area contributed by atoms with Crippen molar-refractivity contribution in [3.8, 4) is 0 Å². The minimum Gasteiger partial charge on any atom is -0.476 e. The largest absolute Gasteiger partial charge is 0.476 e. The molecular formula is C9H9N3O2S2. The van der Waals surface area contributed by atoms with Gasteiger partial charge in [-0.15, -0.1) is 22.7 Å². The summed E-state index contributed by atoms with van der Waals surface area (Å²) in [5.74, 6) is -1.02. The summed E-state index contributed by atoms with van der Waals surface area (Å²) >= 11 is 2.85. The molecule has 16 heavy (non-hydrogen) atoms. The van der Waals surface area contributed by atoms with Gasteiger partial charge in [0.1, 0.15) is 5.00 Å². The highest BCUT2D eigenvalue weighted by molar-refractivity contribution is 7.14. The van der Waals surface area contributed by atoms with Gasteiger partial charge in [0, 0.05) is 5.38 Å². The maximum Gasteiger partial charge on any atom is 0.357 e. The first kappa shape index (κ1) is 11.0. The number of carbonyl (C=O) groups is 1. The summed E-state index contributed by atoms with van der Waals surface area (Å²) < 4.78 is 0. The quantitative estimate of drug-likeness (QED) is 0.876. The van der Waals surface area contributed by atoms with E-state index in [-0.39, 0.29) is 5.69 Å². The molecule has 0 unspecified atom stereocenters. The Morgan fingerprint density at radius 3 is 3.00 bits per heavy atom. The summed E-state index contributed by atoms with van der Waals surface area (Å²) in [7, 11) is 0. The summed E-state index contributed by atoms with van der Waals surface area (Å²) in [6, 6.07) is 0. The molecule has 0 saturated heterocycles. The number of thiazole rings is 2. The molecule has 0 saturated carbocycles. The first-order valence-corrected chi connectivity index (χ1v) is 6.24. The molecule has 0 aliphatic heterocycles. The van der Waals surface area contributed by atoms with Crippen LogP contribution in [0.15, 0.2) is 10.9 Å². The molecule has 7 heteroatoms. The van der Waals surface area contributed by atoms with Gasteiger partial charge in [0.2, 0.25) is 0 Å². The second kappa shape index (κ2) is 4.58. The van der Waals surface area contributed by atoms with Crippen molar-refractivity contribution >= 4 is 33.6 Å². The van der Waals surface area contributed by atoms with Crippen molar-refractivity contribution in [3.05, 3.63) is 27.3 Å². The molecule has 0 bridgehead atoms. The first-order valence-electron chi connectivity index (χ1n) is 4.48. The Morgan fingerprint density at radius 1 is 1.56 bits per heavy atom. The summed E-state index contributed by atoms with van der Waals surface area (Å²) in [5.41, 5.74) is 2.49. The first-order chi connectivity index (χ1) is 7.66. The highest BCUT2D eigenvalue weighted by Gasteiger charge is 2.13. The molecule has 0 aliphatic carbocycles. The van der Waals surface area contributed by atoms with Gasteiger partial charge in [-0.2, -0.15) is 0 Å². The molecule has 2 rings (SSSR count). The third kappa shape index (κ3) is 2.37. The lowest BCUT2D eigenvalue weighted by atomic mass is 10.4. The molecular weight excluding hydrogens is 246 g/mol. The molecule has 2 N–H and O–H groups in total. The maximum atomic E-state index is 10.8. The van der Waals surface area contributed by atoms with Gasteiger partial charge in [0.15, 0.2) is 5.69 Å². The second-order valence-electron chi connectivity index (χ2n) is 3.05. The lowest BCUT2D eigenvalue weighted by Gasteiger charge is -2.01. The average molecular weight is 255 g/mol. The molecule has 0 amide bonds. The number of carboxylic acids is 1. The van der Waals surface area contributed by atoms with Gasteiger partial charge in [-0.1, -0.05) is 0 Å². The maximum absolute atomic E-state index is 10.8. The average Bonchev–Trinajstić information content (AvgIpc) is 2.83. The fourth-order valence-corrected chi connectivity index (χ4v) is 2.47. The number of carboxylic acid groups (broad SMARTS) is 1. The van der Waals surface area contributed by atoms with Crippen LogP contribution in [0.1, 0.15) is 21.2 Å². The van der Waals surface area contributed by atoms with E-state index in [4.69, 9.17) is 5.11 Å². The van der Waals surface area contributed by atoms with Gasteiger partial charge in [0.25, 0.3) is 0 Å². The van der Waals surface area contributed by atoms with Crippen LogP contribution in [0.3, 0.4) is 0 Å². The van der Waals surface area contributed by atoms with Gasteiger partial charge in [0.05, 0.1) is 22.8 Å². The molecule has 0 spiro atoms. The van der Waals surface area contributed by atoms with Gasteiger partial charge >= 0.3 is 5.97 Å². The lowest BCUT2D eigenvalue weighted by molar-refractivity contribution is 0.0692. The van der Waals surface area contributed by atoms with Crippen LogP contribution in [0.25, 0.3) is 0 Å². The molecule has 2 aromatic heterocycles. The van der Waals surface area contributed by atoms with Crippen LogP contribution in [0.2, 0.25) is 0 Å². The van der Waals surface area contributed by atoms with Crippen LogP contribution >= 0.6 is 22.7 Å².